The van der Waals surface area contributed by atoms with Gasteiger partial charge in [0.25, 0.3) is 5.91 Å². The van der Waals surface area contributed by atoms with Crippen LogP contribution in [-0.2, 0) is 20.9 Å². The smallest absolute Gasteiger partial charge is 0.325 e. The number of carbonyl (C=O) groups excluding carboxylic acids is 2. The molecular weight excluding hydrogens is 312 g/mol. The quantitative estimate of drug-likeness (QED) is 0.304. The molecule has 1 heterocycles. The van der Waals surface area contributed by atoms with Gasteiger partial charge in [0.1, 0.15) is 12.1 Å². The maximum Gasteiger partial charge on any atom is 0.325 e. The second kappa shape index (κ2) is 10.3. The largest absolute Gasteiger partial charge is 0.480 e. The van der Waals surface area contributed by atoms with Crippen molar-refractivity contribution in [3.63, 3.8) is 0 Å². The third-order valence-corrected chi connectivity index (χ3v) is 3.48. The summed E-state index contributed by atoms with van der Waals surface area (Å²) < 4.78 is 1.69. The van der Waals surface area contributed by atoms with Crippen LogP contribution in [0, 0.1) is 0 Å². The molecule has 132 valence electrons. The van der Waals surface area contributed by atoms with Gasteiger partial charge in [0.2, 0.25) is 12.5 Å². The van der Waals surface area contributed by atoms with Crippen LogP contribution in [0.4, 0.5) is 0 Å². The van der Waals surface area contributed by atoms with E-state index >= 15 is 0 Å². The van der Waals surface area contributed by atoms with E-state index in [0.29, 0.717) is 6.42 Å². The summed E-state index contributed by atoms with van der Waals surface area (Å²) in [6, 6.07) is 3.69. The monoisotopic (exact) mass is 338 g/mol. The van der Waals surface area contributed by atoms with E-state index in [1.54, 1.807) is 29.1 Å². The van der Waals surface area contributed by atoms with Crippen molar-refractivity contribution < 1.29 is 29.8 Å². The first-order valence-electron chi connectivity index (χ1n) is 8.00. The lowest BCUT2D eigenvalue weighted by molar-refractivity contribution is -0.684. The fourth-order valence-electron chi connectivity index (χ4n) is 2.12. The van der Waals surface area contributed by atoms with Gasteiger partial charge < -0.3 is 21.5 Å². The average molecular weight is 338 g/mol. The van der Waals surface area contributed by atoms with E-state index in [9.17, 15) is 14.4 Å². The van der Waals surface area contributed by atoms with Crippen LogP contribution in [0.1, 0.15) is 26.2 Å². The molecule has 0 radical (unpaired) electrons. The fourth-order valence-corrected chi connectivity index (χ4v) is 2.12. The SMILES string of the molecule is C[C@H](NC(=O)[C@H](CCCC[NH3+])NC(=O)C[n+]1ccccc1)C(=O)O. The first-order valence-corrected chi connectivity index (χ1v) is 8.00. The van der Waals surface area contributed by atoms with Crippen LogP contribution >= 0.6 is 0 Å². The molecule has 0 aliphatic heterocycles. The molecule has 2 amide bonds. The zero-order valence-electron chi connectivity index (χ0n) is 13.9. The second-order valence-electron chi connectivity index (χ2n) is 5.59. The van der Waals surface area contributed by atoms with Crippen LogP contribution in [0.2, 0.25) is 0 Å². The second-order valence-corrected chi connectivity index (χ2v) is 5.59. The molecule has 8 nitrogen and oxygen atoms in total. The third-order valence-electron chi connectivity index (χ3n) is 3.48. The Labute approximate surface area is 141 Å². The highest BCUT2D eigenvalue weighted by molar-refractivity contribution is 5.89. The Bertz CT molecular complexity index is 550. The average Bonchev–Trinajstić information content (AvgIpc) is 2.54. The standard InChI is InChI=1S/C16H24N4O4/c1-12(16(23)24)18-15(22)13(7-3-4-8-17)19-14(21)11-20-9-5-2-6-10-20/h2,5-6,9-10,12-13H,3-4,7-8,11,17H2,1H3,(H2-,18,19,21,22,23,24)/p+2/t12-,13-/m0/s1. The number of amides is 2. The van der Waals surface area contributed by atoms with E-state index in [4.69, 9.17) is 5.11 Å². The lowest BCUT2D eigenvalue weighted by atomic mass is 10.1. The van der Waals surface area contributed by atoms with Crippen LogP contribution in [0.25, 0.3) is 0 Å². The van der Waals surface area contributed by atoms with Crippen molar-refractivity contribution in [3.8, 4) is 0 Å². The minimum Gasteiger partial charge on any atom is -0.480 e. The van der Waals surface area contributed by atoms with E-state index in [1.165, 1.54) is 6.92 Å². The molecule has 1 aromatic heterocycles. The molecule has 2 atom stereocenters. The summed E-state index contributed by atoms with van der Waals surface area (Å²) in [6.07, 6.45) is 5.51. The van der Waals surface area contributed by atoms with Crippen molar-refractivity contribution in [1.82, 2.24) is 10.6 Å². The topological polar surface area (TPSA) is 127 Å². The molecule has 0 fully saturated rings. The molecule has 0 bridgehead atoms. The Morgan fingerprint density at radius 2 is 1.79 bits per heavy atom. The molecule has 24 heavy (non-hydrogen) atoms. The predicted octanol–water partition coefficient (Wildman–Crippen LogP) is -1.54. The lowest BCUT2D eigenvalue weighted by Crippen LogP contribution is -2.53. The van der Waals surface area contributed by atoms with Gasteiger partial charge in [0.05, 0.1) is 6.54 Å². The Balaban J connectivity index is 2.64. The lowest BCUT2D eigenvalue weighted by Gasteiger charge is -2.19. The molecule has 0 aliphatic carbocycles. The molecule has 0 saturated heterocycles. The van der Waals surface area contributed by atoms with Gasteiger partial charge in [-0.05, 0) is 26.2 Å². The number of hydrogen-bond donors (Lipinski definition) is 4. The number of unbranched alkanes of at least 4 members (excludes halogenated alkanes) is 1. The van der Waals surface area contributed by atoms with Crippen LogP contribution in [0.3, 0.4) is 0 Å². The van der Waals surface area contributed by atoms with Crippen molar-refractivity contribution in [2.75, 3.05) is 6.54 Å². The molecule has 0 aliphatic rings. The fraction of sp³-hybridized carbons (Fsp3) is 0.500. The van der Waals surface area contributed by atoms with Gasteiger partial charge in [-0.1, -0.05) is 6.07 Å². The zero-order chi connectivity index (χ0) is 17.9. The summed E-state index contributed by atoms with van der Waals surface area (Å²) in [5, 5.41) is 14.0. The van der Waals surface area contributed by atoms with Crippen molar-refractivity contribution in [2.45, 2.75) is 44.8 Å². The minimum atomic E-state index is -1.12. The number of hydrogen-bond acceptors (Lipinski definition) is 3. The van der Waals surface area contributed by atoms with Crippen molar-refractivity contribution >= 4 is 17.8 Å². The number of carboxylic acid groups (broad SMARTS) is 1. The maximum absolute atomic E-state index is 12.2. The van der Waals surface area contributed by atoms with Crippen molar-refractivity contribution in [3.05, 3.63) is 30.6 Å². The highest BCUT2D eigenvalue weighted by Crippen LogP contribution is 2.01. The van der Waals surface area contributed by atoms with Gasteiger partial charge in [-0.3, -0.25) is 14.4 Å². The minimum absolute atomic E-state index is 0.0917. The van der Waals surface area contributed by atoms with Crippen molar-refractivity contribution in [2.24, 2.45) is 0 Å². The number of nitrogens with zero attached hydrogens (tertiary/aromatic N) is 1. The van der Waals surface area contributed by atoms with Crippen LogP contribution in [0.5, 0.6) is 0 Å². The summed E-state index contributed by atoms with van der Waals surface area (Å²) in [5.74, 6) is -1.91. The summed E-state index contributed by atoms with van der Waals surface area (Å²) in [6.45, 7) is 2.22. The summed E-state index contributed by atoms with van der Waals surface area (Å²) >= 11 is 0. The van der Waals surface area contributed by atoms with Crippen molar-refractivity contribution in [1.29, 1.82) is 0 Å². The number of nitrogens with one attached hydrogen (secondary N) is 2. The number of rotatable bonds is 10. The number of aliphatic carboxylic acids is 1. The third kappa shape index (κ3) is 7.19. The molecule has 0 unspecified atom stereocenters. The number of carbonyl (C=O) groups is 3. The Morgan fingerprint density at radius 1 is 1.12 bits per heavy atom. The Kier molecular flexibility index (Phi) is 8.42. The molecule has 1 aromatic rings. The Hall–Kier alpha value is -2.48. The Morgan fingerprint density at radius 3 is 2.38 bits per heavy atom. The summed E-state index contributed by atoms with van der Waals surface area (Å²) in [7, 11) is 0. The maximum atomic E-state index is 12.2. The van der Waals surface area contributed by atoms with Gasteiger partial charge in [-0.15, -0.1) is 0 Å². The number of pyridine rings is 1. The molecular formula is C16H26N4O4+2. The molecule has 0 saturated carbocycles. The molecule has 8 heteroatoms. The van der Waals surface area contributed by atoms with E-state index < -0.39 is 24.0 Å². The van der Waals surface area contributed by atoms with Gasteiger partial charge in [-0.2, -0.15) is 4.57 Å². The van der Waals surface area contributed by atoms with Gasteiger partial charge in [0.15, 0.2) is 12.4 Å². The van der Waals surface area contributed by atoms with Crippen LogP contribution in [0.15, 0.2) is 30.6 Å². The highest BCUT2D eigenvalue weighted by Gasteiger charge is 2.24. The van der Waals surface area contributed by atoms with E-state index in [-0.39, 0.29) is 12.5 Å². The van der Waals surface area contributed by atoms with Gasteiger partial charge >= 0.3 is 5.97 Å². The first kappa shape index (κ1) is 19.6. The van der Waals surface area contributed by atoms with Crippen LogP contribution in [-0.4, -0.2) is 41.5 Å². The van der Waals surface area contributed by atoms with E-state index in [0.717, 1.165) is 19.4 Å². The van der Waals surface area contributed by atoms with Gasteiger partial charge in [-0.25, -0.2) is 0 Å². The number of aromatic nitrogens is 1. The number of quaternary nitrogens is 1. The van der Waals surface area contributed by atoms with Crippen LogP contribution < -0.4 is 20.9 Å². The zero-order valence-corrected chi connectivity index (χ0v) is 13.9. The van der Waals surface area contributed by atoms with Gasteiger partial charge in [0, 0.05) is 12.1 Å². The van der Waals surface area contributed by atoms with E-state index in [1.807, 2.05) is 6.07 Å². The summed E-state index contributed by atoms with van der Waals surface area (Å²) in [5.41, 5.74) is 3.75. The predicted molar refractivity (Wildman–Crippen MR) is 85.4 cm³/mol. The molecule has 0 aromatic carbocycles. The molecule has 1 rings (SSSR count). The highest BCUT2D eigenvalue weighted by atomic mass is 16.4. The molecule has 0 spiro atoms. The number of carboxylic acids is 1. The van der Waals surface area contributed by atoms with E-state index in [2.05, 4.69) is 16.4 Å². The first-order chi connectivity index (χ1) is 11.4. The molecule has 6 N–H and O–H groups in total. The normalized spacial score (nSPS) is 12.9. The summed E-state index contributed by atoms with van der Waals surface area (Å²) in [4.78, 5) is 35.2.